The van der Waals surface area contributed by atoms with Crippen LogP contribution in [0.15, 0.2) is 60.0 Å². The van der Waals surface area contributed by atoms with Gasteiger partial charge < -0.3 is 9.80 Å². The Hall–Kier alpha value is -2.54. The van der Waals surface area contributed by atoms with E-state index in [1.54, 1.807) is 11.3 Å². The number of piperazine rings is 1. The summed E-state index contributed by atoms with van der Waals surface area (Å²) in [6, 6.07) is 19.4. The molecule has 0 radical (unpaired) electrons. The maximum absolute atomic E-state index is 13.0. The number of carbonyl (C=O) groups excluding carboxylic acids is 1. The first-order chi connectivity index (χ1) is 17.1. The van der Waals surface area contributed by atoms with Gasteiger partial charge in [0, 0.05) is 56.8 Å². The summed E-state index contributed by atoms with van der Waals surface area (Å²) in [5.74, 6) is 0.884. The van der Waals surface area contributed by atoms with Gasteiger partial charge in [0.1, 0.15) is 5.01 Å². The number of thiazole rings is 1. The van der Waals surface area contributed by atoms with Crippen molar-refractivity contribution in [2.24, 2.45) is 5.92 Å². The molecule has 2 aromatic carbocycles. The number of hydrogen-bond acceptors (Lipinski definition) is 5. The van der Waals surface area contributed by atoms with Crippen molar-refractivity contribution in [1.29, 1.82) is 0 Å². The summed E-state index contributed by atoms with van der Waals surface area (Å²) in [7, 11) is 2.19. The lowest BCUT2D eigenvalue weighted by atomic mass is 9.90. The van der Waals surface area contributed by atoms with Gasteiger partial charge in [-0.15, -0.1) is 11.3 Å². The minimum Gasteiger partial charge on any atom is -0.342 e. The Balaban J connectivity index is 1.13. The Morgan fingerprint density at radius 1 is 0.943 bits per heavy atom. The van der Waals surface area contributed by atoms with E-state index in [0.717, 1.165) is 81.3 Å². The van der Waals surface area contributed by atoms with Gasteiger partial charge in [0.25, 0.3) is 0 Å². The summed E-state index contributed by atoms with van der Waals surface area (Å²) in [5.41, 5.74) is 4.78. The lowest BCUT2D eigenvalue weighted by Gasteiger charge is -2.32. The molecule has 35 heavy (non-hydrogen) atoms. The number of nitrogens with zero attached hydrogens (tertiary/aromatic N) is 4. The molecule has 2 fully saturated rings. The van der Waals surface area contributed by atoms with E-state index in [0.29, 0.717) is 12.3 Å². The summed E-state index contributed by atoms with van der Waals surface area (Å²) in [4.78, 5) is 24.7. The predicted molar refractivity (Wildman–Crippen MR) is 143 cm³/mol. The zero-order chi connectivity index (χ0) is 24.0. The molecule has 0 unspecified atom stereocenters. The van der Waals surface area contributed by atoms with Crippen LogP contribution in [-0.2, 0) is 24.2 Å². The second-order valence-electron chi connectivity index (χ2n) is 10.1. The highest BCUT2D eigenvalue weighted by Crippen LogP contribution is 2.26. The third kappa shape index (κ3) is 6.57. The molecule has 0 atom stereocenters. The van der Waals surface area contributed by atoms with E-state index < -0.39 is 0 Å². The first-order valence-electron chi connectivity index (χ1n) is 12.9. The largest absolute Gasteiger partial charge is 0.342 e. The summed E-state index contributed by atoms with van der Waals surface area (Å²) in [5, 5.41) is 3.07. The van der Waals surface area contributed by atoms with Gasteiger partial charge in [0.15, 0.2) is 0 Å². The van der Waals surface area contributed by atoms with Crippen LogP contribution in [0.3, 0.4) is 0 Å². The third-order valence-corrected chi connectivity index (χ3v) is 8.33. The second-order valence-corrected chi connectivity index (χ2v) is 11.0. The fourth-order valence-electron chi connectivity index (χ4n) is 5.19. The first-order valence-corrected chi connectivity index (χ1v) is 13.8. The maximum atomic E-state index is 13.0. The smallest absolute Gasteiger partial charge is 0.228 e. The molecule has 5 nitrogen and oxygen atoms in total. The average Bonchev–Trinajstić information content (AvgIpc) is 3.35. The van der Waals surface area contributed by atoms with Crippen molar-refractivity contribution in [1.82, 2.24) is 19.7 Å². The molecule has 1 amide bonds. The van der Waals surface area contributed by atoms with E-state index >= 15 is 0 Å². The molecule has 0 aliphatic carbocycles. The molecule has 2 saturated heterocycles. The average molecular weight is 489 g/mol. The highest BCUT2D eigenvalue weighted by molar-refractivity contribution is 7.13. The molecular weight excluding hydrogens is 452 g/mol. The zero-order valence-electron chi connectivity index (χ0n) is 20.7. The van der Waals surface area contributed by atoms with E-state index in [1.807, 2.05) is 4.90 Å². The Labute approximate surface area is 213 Å². The standard InChI is InChI=1S/C29H36N4OS/c1-31-14-16-32(17-15-31)21-25-8-5-9-26(19-25)29-30-27(22-35-29)20-28(34)33-12-10-24(11-13-33)18-23-6-3-2-4-7-23/h2-9,19,22,24H,10-18,20-21H2,1H3. The molecule has 0 saturated carbocycles. The molecule has 0 N–H and O–H groups in total. The van der Waals surface area contributed by atoms with Crippen LogP contribution in [0.25, 0.3) is 10.6 Å². The molecule has 6 heteroatoms. The number of benzene rings is 2. The third-order valence-electron chi connectivity index (χ3n) is 7.39. The fourth-order valence-corrected chi connectivity index (χ4v) is 6.01. The molecule has 5 rings (SSSR count). The summed E-state index contributed by atoms with van der Waals surface area (Å²) >= 11 is 1.65. The van der Waals surface area contributed by atoms with Crippen LogP contribution in [0.2, 0.25) is 0 Å². The minimum absolute atomic E-state index is 0.212. The van der Waals surface area contributed by atoms with Gasteiger partial charge in [-0.05, 0) is 49.4 Å². The molecule has 184 valence electrons. The fraction of sp³-hybridized carbons (Fsp3) is 0.448. The molecule has 0 bridgehead atoms. The maximum Gasteiger partial charge on any atom is 0.228 e. The van der Waals surface area contributed by atoms with E-state index in [4.69, 9.17) is 4.98 Å². The molecule has 3 heterocycles. The van der Waals surface area contributed by atoms with E-state index in [9.17, 15) is 4.79 Å². The molecule has 0 spiro atoms. The van der Waals surface area contributed by atoms with E-state index in [-0.39, 0.29) is 5.91 Å². The molecule has 3 aromatic rings. The lowest BCUT2D eigenvalue weighted by molar-refractivity contribution is -0.131. The van der Waals surface area contributed by atoms with Crippen LogP contribution in [0.1, 0.15) is 29.7 Å². The number of likely N-dealkylation sites (N-methyl/N-ethyl adjacent to an activating group) is 1. The minimum atomic E-state index is 0.212. The normalized spacial score (nSPS) is 18.1. The topological polar surface area (TPSA) is 39.7 Å². The number of aromatic nitrogens is 1. The van der Waals surface area contributed by atoms with Crippen LogP contribution in [0.5, 0.6) is 0 Å². The van der Waals surface area contributed by atoms with Crippen LogP contribution in [-0.4, -0.2) is 71.9 Å². The van der Waals surface area contributed by atoms with Gasteiger partial charge in [-0.3, -0.25) is 9.69 Å². The first kappa shape index (κ1) is 24.2. The van der Waals surface area contributed by atoms with Crippen LogP contribution >= 0.6 is 11.3 Å². The van der Waals surface area contributed by atoms with Crippen LogP contribution in [0, 0.1) is 5.92 Å². The zero-order valence-corrected chi connectivity index (χ0v) is 21.6. The Kier molecular flexibility index (Phi) is 7.92. The van der Waals surface area contributed by atoms with Gasteiger partial charge in [-0.1, -0.05) is 48.5 Å². The number of likely N-dealkylation sites (tertiary alicyclic amines) is 1. The summed E-state index contributed by atoms with van der Waals surface area (Å²) in [6.45, 7) is 7.21. The number of rotatable bonds is 7. The monoisotopic (exact) mass is 488 g/mol. The van der Waals surface area contributed by atoms with Crippen molar-refractivity contribution < 1.29 is 4.79 Å². The van der Waals surface area contributed by atoms with E-state index in [1.165, 1.54) is 11.1 Å². The lowest BCUT2D eigenvalue weighted by Crippen LogP contribution is -2.43. The summed E-state index contributed by atoms with van der Waals surface area (Å²) < 4.78 is 0. The molecule has 1 aromatic heterocycles. The molecule has 2 aliphatic rings. The second kappa shape index (κ2) is 11.5. The van der Waals surface area contributed by atoms with Gasteiger partial charge >= 0.3 is 0 Å². The van der Waals surface area contributed by atoms with Crippen molar-refractivity contribution in [3.05, 3.63) is 76.8 Å². The van der Waals surface area contributed by atoms with Gasteiger partial charge in [0.2, 0.25) is 5.91 Å². The Morgan fingerprint density at radius 2 is 1.69 bits per heavy atom. The number of carbonyl (C=O) groups is 1. The van der Waals surface area contributed by atoms with Crippen molar-refractivity contribution in [3.63, 3.8) is 0 Å². The predicted octanol–water partition coefficient (Wildman–Crippen LogP) is 4.58. The molecule has 2 aliphatic heterocycles. The summed E-state index contributed by atoms with van der Waals surface area (Å²) in [6.07, 6.45) is 3.69. The van der Waals surface area contributed by atoms with Crippen LogP contribution in [0.4, 0.5) is 0 Å². The SMILES string of the molecule is CN1CCN(Cc2cccc(-c3nc(CC(=O)N4CCC(Cc5ccccc5)CC4)cs3)c2)CC1. The Bertz CT molecular complexity index is 1100. The van der Waals surface area contributed by atoms with Crippen molar-refractivity contribution in [2.75, 3.05) is 46.3 Å². The van der Waals surface area contributed by atoms with Crippen molar-refractivity contribution in [2.45, 2.75) is 32.2 Å². The number of hydrogen-bond donors (Lipinski definition) is 0. The van der Waals surface area contributed by atoms with Gasteiger partial charge in [-0.25, -0.2) is 4.98 Å². The highest BCUT2D eigenvalue weighted by Gasteiger charge is 2.23. The van der Waals surface area contributed by atoms with Gasteiger partial charge in [0.05, 0.1) is 12.1 Å². The van der Waals surface area contributed by atoms with Crippen molar-refractivity contribution in [3.8, 4) is 10.6 Å². The molecular formula is C29H36N4OS. The Morgan fingerprint density at radius 3 is 2.46 bits per heavy atom. The van der Waals surface area contributed by atoms with E-state index in [2.05, 4.69) is 76.8 Å². The quantitative estimate of drug-likeness (QED) is 0.488. The number of amides is 1. The highest BCUT2D eigenvalue weighted by atomic mass is 32.1. The van der Waals surface area contributed by atoms with Gasteiger partial charge in [-0.2, -0.15) is 0 Å². The van der Waals surface area contributed by atoms with Crippen molar-refractivity contribution >= 4 is 17.2 Å². The number of piperidine rings is 1. The van der Waals surface area contributed by atoms with Crippen LogP contribution < -0.4 is 0 Å².